The molecule has 0 unspecified atom stereocenters. The van der Waals surface area contributed by atoms with E-state index in [0.29, 0.717) is 19.4 Å². The van der Waals surface area contributed by atoms with Gasteiger partial charge in [0.15, 0.2) is 0 Å². The first kappa shape index (κ1) is 23.3. The van der Waals surface area contributed by atoms with Crippen molar-refractivity contribution >= 4 is 35.2 Å². The maximum Gasteiger partial charge on any atom is 0.242 e. The number of benzene rings is 2. The highest BCUT2D eigenvalue weighted by Crippen LogP contribution is 2.22. The minimum atomic E-state index is -0.461. The van der Waals surface area contributed by atoms with Crippen LogP contribution >= 0.6 is 23.4 Å². The van der Waals surface area contributed by atoms with Crippen molar-refractivity contribution in [3.05, 3.63) is 64.7 Å². The van der Waals surface area contributed by atoms with Crippen molar-refractivity contribution in [1.82, 2.24) is 10.2 Å². The quantitative estimate of drug-likeness (QED) is 0.421. The molecule has 0 saturated heterocycles. The lowest BCUT2D eigenvalue weighted by Crippen LogP contribution is -2.48. The summed E-state index contributed by atoms with van der Waals surface area (Å²) in [7, 11) is 1.61. The van der Waals surface area contributed by atoms with Gasteiger partial charge in [0.05, 0.1) is 0 Å². The predicted molar refractivity (Wildman–Crippen MR) is 121 cm³/mol. The summed E-state index contributed by atoms with van der Waals surface area (Å²) in [4.78, 5) is 28.3. The Kier molecular flexibility index (Phi) is 9.55. The number of rotatable bonds is 10. The molecule has 1 atom stereocenters. The summed E-state index contributed by atoms with van der Waals surface area (Å²) in [6, 6.07) is 15.3. The maximum absolute atomic E-state index is 13.0. The molecule has 0 saturated carbocycles. The molecule has 2 rings (SSSR count). The van der Waals surface area contributed by atoms with Gasteiger partial charge in [0.2, 0.25) is 11.8 Å². The Hall–Kier alpha value is -1.98. The first-order chi connectivity index (χ1) is 13.9. The molecule has 0 radical (unpaired) electrons. The summed E-state index contributed by atoms with van der Waals surface area (Å²) >= 11 is 7.62. The third kappa shape index (κ3) is 7.41. The largest absolute Gasteiger partial charge is 0.357 e. The molecule has 0 bridgehead atoms. The van der Waals surface area contributed by atoms with E-state index < -0.39 is 6.04 Å². The van der Waals surface area contributed by atoms with Crippen LogP contribution in [0, 0.1) is 6.92 Å². The molecule has 0 heterocycles. The van der Waals surface area contributed by atoms with Crippen LogP contribution in [0.25, 0.3) is 0 Å². The molecular weight excluding hydrogens is 404 g/mol. The second-order valence-electron chi connectivity index (χ2n) is 6.95. The van der Waals surface area contributed by atoms with Crippen molar-refractivity contribution < 1.29 is 9.59 Å². The van der Waals surface area contributed by atoms with Crippen LogP contribution < -0.4 is 5.32 Å². The molecule has 0 aliphatic carbocycles. The highest BCUT2D eigenvalue weighted by Gasteiger charge is 2.27. The number of thioether (sulfide) groups is 1. The average Bonchev–Trinajstić information content (AvgIpc) is 2.72. The zero-order valence-electron chi connectivity index (χ0n) is 17.3. The van der Waals surface area contributed by atoms with Crippen LogP contribution in [0.15, 0.2) is 53.4 Å². The summed E-state index contributed by atoms with van der Waals surface area (Å²) < 4.78 is 0. The van der Waals surface area contributed by atoms with E-state index in [4.69, 9.17) is 11.6 Å². The van der Waals surface area contributed by atoms with Gasteiger partial charge in [-0.3, -0.25) is 9.59 Å². The van der Waals surface area contributed by atoms with E-state index in [1.165, 1.54) is 0 Å². The average molecular weight is 433 g/mol. The Morgan fingerprint density at radius 3 is 2.52 bits per heavy atom. The van der Waals surface area contributed by atoms with Gasteiger partial charge in [0, 0.05) is 29.9 Å². The number of halogens is 1. The fraction of sp³-hybridized carbons (Fsp3) is 0.391. The molecule has 0 aliphatic rings. The van der Waals surface area contributed by atoms with Gasteiger partial charge in [-0.15, -0.1) is 11.8 Å². The molecule has 0 aromatic heterocycles. The number of hydrogen-bond donors (Lipinski definition) is 1. The van der Waals surface area contributed by atoms with Gasteiger partial charge >= 0.3 is 0 Å². The lowest BCUT2D eigenvalue weighted by Gasteiger charge is -2.30. The topological polar surface area (TPSA) is 49.4 Å². The minimum absolute atomic E-state index is 0.0127. The SMILES string of the molecule is CC[C@H](C(=O)NC)N(Cc1cccc(C)c1)C(=O)CCCSc1ccc(Cl)cc1. The van der Waals surface area contributed by atoms with Gasteiger partial charge in [-0.25, -0.2) is 0 Å². The minimum Gasteiger partial charge on any atom is -0.357 e. The van der Waals surface area contributed by atoms with Gasteiger partial charge in [-0.05, 0) is 55.3 Å². The lowest BCUT2D eigenvalue weighted by molar-refractivity contribution is -0.141. The van der Waals surface area contributed by atoms with Crippen LogP contribution in [-0.2, 0) is 16.1 Å². The van der Waals surface area contributed by atoms with Gasteiger partial charge in [0.25, 0.3) is 0 Å². The molecular formula is C23H29ClN2O2S. The Labute approximate surface area is 183 Å². The fourth-order valence-corrected chi connectivity index (χ4v) is 4.16. The van der Waals surface area contributed by atoms with E-state index >= 15 is 0 Å². The molecule has 0 spiro atoms. The fourth-order valence-electron chi connectivity index (χ4n) is 3.18. The summed E-state index contributed by atoms with van der Waals surface area (Å²) in [6.45, 7) is 4.41. The Morgan fingerprint density at radius 1 is 1.17 bits per heavy atom. The lowest BCUT2D eigenvalue weighted by atomic mass is 10.1. The first-order valence-electron chi connectivity index (χ1n) is 9.89. The molecule has 156 valence electrons. The normalized spacial score (nSPS) is 11.7. The van der Waals surface area contributed by atoms with Crippen molar-refractivity contribution in [2.24, 2.45) is 0 Å². The van der Waals surface area contributed by atoms with Gasteiger partial charge < -0.3 is 10.2 Å². The van der Waals surface area contributed by atoms with E-state index in [1.54, 1.807) is 23.7 Å². The van der Waals surface area contributed by atoms with Crippen molar-refractivity contribution in [2.75, 3.05) is 12.8 Å². The molecule has 2 amide bonds. The predicted octanol–water partition coefficient (Wildman–Crippen LogP) is 5.07. The third-order valence-electron chi connectivity index (χ3n) is 4.69. The van der Waals surface area contributed by atoms with Gasteiger partial charge in [-0.1, -0.05) is 48.4 Å². The summed E-state index contributed by atoms with van der Waals surface area (Å²) in [5.74, 6) is 0.727. The summed E-state index contributed by atoms with van der Waals surface area (Å²) in [5.41, 5.74) is 2.18. The van der Waals surface area contributed by atoms with E-state index in [1.807, 2.05) is 56.3 Å². The van der Waals surface area contributed by atoms with Crippen LogP contribution in [0.1, 0.15) is 37.3 Å². The molecule has 2 aromatic carbocycles. The zero-order chi connectivity index (χ0) is 21.2. The number of aryl methyl sites for hydroxylation is 1. The van der Waals surface area contributed by atoms with Gasteiger partial charge in [-0.2, -0.15) is 0 Å². The van der Waals surface area contributed by atoms with E-state index in [0.717, 1.165) is 33.2 Å². The second-order valence-corrected chi connectivity index (χ2v) is 8.56. The number of hydrogen-bond acceptors (Lipinski definition) is 3. The maximum atomic E-state index is 13.0. The Balaban J connectivity index is 2.00. The van der Waals surface area contributed by atoms with Crippen molar-refractivity contribution in [3.63, 3.8) is 0 Å². The molecule has 29 heavy (non-hydrogen) atoms. The van der Waals surface area contributed by atoms with Crippen LogP contribution in [-0.4, -0.2) is 35.6 Å². The summed E-state index contributed by atoms with van der Waals surface area (Å²) in [6.07, 6.45) is 1.75. The number of nitrogens with one attached hydrogen (secondary N) is 1. The van der Waals surface area contributed by atoms with E-state index in [9.17, 15) is 9.59 Å². The molecule has 2 aromatic rings. The third-order valence-corrected chi connectivity index (χ3v) is 6.04. The number of amides is 2. The van der Waals surface area contributed by atoms with E-state index in [2.05, 4.69) is 11.4 Å². The Morgan fingerprint density at radius 2 is 1.90 bits per heavy atom. The van der Waals surface area contributed by atoms with Gasteiger partial charge in [0.1, 0.15) is 6.04 Å². The molecule has 4 nitrogen and oxygen atoms in total. The smallest absolute Gasteiger partial charge is 0.242 e. The Bertz CT molecular complexity index is 811. The standard InChI is InChI=1S/C23H29ClN2O2S/c1-4-21(23(28)25-3)26(16-18-8-5-7-17(2)15-18)22(27)9-6-14-29-20-12-10-19(24)11-13-20/h5,7-8,10-13,15,21H,4,6,9,14,16H2,1-3H3,(H,25,28)/t21-/m1/s1. The molecule has 0 aliphatic heterocycles. The van der Waals surface area contributed by atoms with Crippen LogP contribution in [0.2, 0.25) is 5.02 Å². The summed E-state index contributed by atoms with van der Waals surface area (Å²) in [5, 5.41) is 3.41. The number of carbonyl (C=O) groups excluding carboxylic acids is 2. The van der Waals surface area contributed by atoms with Crippen LogP contribution in [0.4, 0.5) is 0 Å². The zero-order valence-corrected chi connectivity index (χ0v) is 18.9. The van der Waals surface area contributed by atoms with Crippen LogP contribution in [0.3, 0.4) is 0 Å². The molecule has 6 heteroatoms. The number of nitrogens with zero attached hydrogens (tertiary/aromatic N) is 1. The number of likely N-dealkylation sites (N-methyl/N-ethyl adjacent to an activating group) is 1. The molecule has 0 fully saturated rings. The highest BCUT2D eigenvalue weighted by molar-refractivity contribution is 7.99. The second kappa shape index (κ2) is 11.9. The van der Waals surface area contributed by atoms with Crippen LogP contribution in [0.5, 0.6) is 0 Å². The van der Waals surface area contributed by atoms with Crippen molar-refractivity contribution in [3.8, 4) is 0 Å². The van der Waals surface area contributed by atoms with E-state index in [-0.39, 0.29) is 11.8 Å². The van der Waals surface area contributed by atoms with Crippen molar-refractivity contribution in [2.45, 2.75) is 50.6 Å². The highest BCUT2D eigenvalue weighted by atomic mass is 35.5. The monoisotopic (exact) mass is 432 g/mol. The first-order valence-corrected chi connectivity index (χ1v) is 11.3. The molecule has 1 N–H and O–H groups in total. The number of carbonyl (C=O) groups is 2. The van der Waals surface area contributed by atoms with Crippen molar-refractivity contribution in [1.29, 1.82) is 0 Å².